The molecule has 4 aliphatic rings. The summed E-state index contributed by atoms with van der Waals surface area (Å²) < 4.78 is 24.4. The smallest absolute Gasteiger partial charge is 0.261 e. The molecule has 2 atom stereocenters. The number of para-hydroxylation sites is 2. The second-order valence-electron chi connectivity index (χ2n) is 14.8. The van der Waals surface area contributed by atoms with Gasteiger partial charge in [0.05, 0.1) is 48.8 Å². The van der Waals surface area contributed by atoms with E-state index < -0.39 is 0 Å². The van der Waals surface area contributed by atoms with Crippen molar-refractivity contribution in [3.05, 3.63) is 130 Å². The van der Waals surface area contributed by atoms with Crippen LogP contribution in [-0.2, 0) is 31.8 Å². The van der Waals surface area contributed by atoms with Crippen molar-refractivity contribution in [2.24, 2.45) is 9.98 Å². The molecule has 9 rings (SSSR count). The zero-order valence-corrected chi connectivity index (χ0v) is 33.0. The van der Waals surface area contributed by atoms with Crippen molar-refractivity contribution in [1.82, 2.24) is 0 Å². The van der Waals surface area contributed by atoms with Crippen molar-refractivity contribution in [1.29, 1.82) is 0 Å². The van der Waals surface area contributed by atoms with Crippen molar-refractivity contribution in [3.8, 4) is 23.0 Å². The molecule has 288 valence electrons. The number of nitrogens with zero attached hydrogens (tertiary/aromatic N) is 4. The Morgan fingerprint density at radius 2 is 1.09 bits per heavy atom. The Kier molecular flexibility index (Phi) is 9.70. The number of hydrogen-bond acceptors (Lipinski definition) is 9. The number of benzene rings is 5. The predicted octanol–water partition coefficient (Wildman–Crippen LogP) is 9.08. The maximum atomic E-state index is 13.9. The molecule has 2 amide bonds. The number of anilines is 2. The van der Waals surface area contributed by atoms with E-state index in [4.69, 9.17) is 28.9 Å². The monoisotopic (exact) mass is 778 g/mol. The number of thioether (sulfide) groups is 1. The van der Waals surface area contributed by atoms with Crippen LogP contribution in [0.25, 0.3) is 0 Å². The average Bonchev–Trinajstić information content (AvgIpc) is 3.72. The second-order valence-corrected chi connectivity index (χ2v) is 16.4. The molecule has 11 heteroatoms. The maximum Gasteiger partial charge on any atom is 0.261 e. The summed E-state index contributed by atoms with van der Waals surface area (Å²) in [6, 6.07) is 29.1. The minimum atomic E-state index is -0.151. The standard InChI is InChI=1S/C46H42N4O6S/c1-27(2)57-26-30-14-28(24-55-43-20-37-35(18-41(43)53-3)45(51)49-33(22-47-37)16-31-9-5-7-11-39(31)49)13-29(15-30)25-56-44-21-38-36(19-42(44)54-4)46(52)50-34(23-48-38)17-32-10-6-8-12-40(32)50/h5-15,18-23,27,33-34H,16-17,24-26H2,1-4H3/t33-,34-/m0/s1. The highest BCUT2D eigenvalue weighted by Crippen LogP contribution is 2.43. The van der Waals surface area contributed by atoms with Crippen molar-refractivity contribution < 1.29 is 28.5 Å². The number of ether oxygens (including phenoxy) is 4. The Balaban J connectivity index is 0.958. The van der Waals surface area contributed by atoms with E-state index >= 15 is 0 Å². The lowest BCUT2D eigenvalue weighted by Crippen LogP contribution is -2.37. The number of methoxy groups -OCH3 is 2. The van der Waals surface area contributed by atoms with Crippen LogP contribution in [0.2, 0.25) is 0 Å². The van der Waals surface area contributed by atoms with Gasteiger partial charge in [-0.2, -0.15) is 11.8 Å². The Morgan fingerprint density at radius 1 is 0.632 bits per heavy atom. The van der Waals surface area contributed by atoms with Crippen molar-refractivity contribution in [2.75, 3.05) is 24.0 Å². The number of carbonyl (C=O) groups excluding carboxylic acids is 2. The van der Waals surface area contributed by atoms with Gasteiger partial charge in [0.2, 0.25) is 0 Å². The van der Waals surface area contributed by atoms with Crippen molar-refractivity contribution >= 4 is 58.8 Å². The zero-order valence-electron chi connectivity index (χ0n) is 32.2. The second kappa shape index (κ2) is 15.1. The first kappa shape index (κ1) is 36.6. The largest absolute Gasteiger partial charge is 0.493 e. The van der Waals surface area contributed by atoms with Gasteiger partial charge in [-0.05, 0) is 63.4 Å². The van der Waals surface area contributed by atoms with E-state index in [9.17, 15) is 9.59 Å². The lowest BCUT2D eigenvalue weighted by molar-refractivity contribution is 0.0978. The van der Waals surface area contributed by atoms with Gasteiger partial charge in [0.15, 0.2) is 23.0 Å². The third kappa shape index (κ3) is 6.90. The van der Waals surface area contributed by atoms with Crippen LogP contribution in [-0.4, -0.2) is 55.8 Å². The van der Waals surface area contributed by atoms with Gasteiger partial charge in [-0.3, -0.25) is 29.4 Å². The first-order valence-electron chi connectivity index (χ1n) is 19.1. The summed E-state index contributed by atoms with van der Waals surface area (Å²) >= 11 is 1.86. The van der Waals surface area contributed by atoms with Gasteiger partial charge in [0, 0.05) is 54.5 Å². The molecule has 0 unspecified atom stereocenters. The minimum absolute atomic E-state index is 0.113. The molecule has 4 aliphatic heterocycles. The minimum Gasteiger partial charge on any atom is -0.493 e. The molecular formula is C46H42N4O6S. The summed E-state index contributed by atoms with van der Waals surface area (Å²) in [5.41, 5.74) is 9.17. The lowest BCUT2D eigenvalue weighted by atomic mass is 10.1. The van der Waals surface area contributed by atoms with Crippen LogP contribution in [0.5, 0.6) is 23.0 Å². The van der Waals surface area contributed by atoms with E-state index in [2.05, 4.69) is 44.2 Å². The van der Waals surface area contributed by atoms with E-state index in [0.717, 1.165) is 57.8 Å². The number of aliphatic imine (C=N–C) groups is 2. The summed E-state index contributed by atoms with van der Waals surface area (Å²) in [5, 5.41) is 0.456. The maximum absolute atomic E-state index is 13.9. The summed E-state index contributed by atoms with van der Waals surface area (Å²) in [7, 11) is 3.15. The molecule has 5 aromatic rings. The number of hydrogen-bond donors (Lipinski definition) is 0. The molecule has 0 spiro atoms. The van der Waals surface area contributed by atoms with Crippen LogP contribution < -0.4 is 28.7 Å². The van der Waals surface area contributed by atoms with E-state index in [1.54, 1.807) is 38.5 Å². The molecule has 0 saturated heterocycles. The molecule has 10 nitrogen and oxygen atoms in total. The van der Waals surface area contributed by atoms with E-state index in [0.29, 0.717) is 50.7 Å². The predicted molar refractivity (Wildman–Crippen MR) is 225 cm³/mol. The van der Waals surface area contributed by atoms with Crippen LogP contribution in [0, 0.1) is 0 Å². The number of carbonyl (C=O) groups is 2. The van der Waals surface area contributed by atoms with Gasteiger partial charge in [0.25, 0.3) is 11.8 Å². The number of fused-ring (bicyclic) bond motifs is 8. The topological polar surface area (TPSA) is 102 Å². The Hall–Kier alpha value is -6.07. The molecule has 0 aliphatic carbocycles. The first-order valence-corrected chi connectivity index (χ1v) is 20.2. The van der Waals surface area contributed by atoms with Crippen LogP contribution in [0.1, 0.15) is 62.4 Å². The molecule has 5 aromatic carbocycles. The van der Waals surface area contributed by atoms with Gasteiger partial charge < -0.3 is 18.9 Å². The van der Waals surface area contributed by atoms with E-state index in [-0.39, 0.29) is 37.1 Å². The Labute approximate surface area is 336 Å². The molecule has 0 radical (unpaired) electrons. The highest BCUT2D eigenvalue weighted by atomic mass is 32.2. The van der Waals surface area contributed by atoms with Crippen LogP contribution in [0.15, 0.2) is 101 Å². The SMILES string of the molecule is COc1cc2c(cc1OCc1cc(COc3cc4c(cc3OC)C(=O)N3c5ccccc5C[C@H]3C=N4)cc(CSC(C)C)c1)N=C[C@@H]1Cc3ccccc3N1C2=O. The number of rotatable bonds is 11. The molecule has 0 bridgehead atoms. The van der Waals surface area contributed by atoms with E-state index in [1.165, 1.54) is 0 Å². The third-order valence-electron chi connectivity index (χ3n) is 10.7. The molecule has 57 heavy (non-hydrogen) atoms. The van der Waals surface area contributed by atoms with Gasteiger partial charge >= 0.3 is 0 Å². The fourth-order valence-corrected chi connectivity index (χ4v) is 8.74. The van der Waals surface area contributed by atoms with Crippen LogP contribution in [0.4, 0.5) is 22.7 Å². The van der Waals surface area contributed by atoms with E-state index in [1.807, 2.05) is 70.4 Å². The van der Waals surface area contributed by atoms with Crippen molar-refractivity contribution in [2.45, 2.75) is 63.0 Å². The van der Waals surface area contributed by atoms with Crippen LogP contribution in [0.3, 0.4) is 0 Å². The fraction of sp³-hybridized carbons (Fsp3) is 0.261. The molecule has 0 fully saturated rings. The lowest BCUT2D eigenvalue weighted by Gasteiger charge is -2.22. The van der Waals surface area contributed by atoms with Gasteiger partial charge in [0.1, 0.15) is 13.2 Å². The van der Waals surface area contributed by atoms with Crippen molar-refractivity contribution in [3.63, 3.8) is 0 Å². The molecule has 0 saturated carbocycles. The van der Waals surface area contributed by atoms with Crippen LogP contribution >= 0.6 is 11.8 Å². The molecule has 4 heterocycles. The fourth-order valence-electron chi connectivity index (χ4n) is 8.05. The quantitative estimate of drug-likeness (QED) is 0.132. The summed E-state index contributed by atoms with van der Waals surface area (Å²) in [5.74, 6) is 2.50. The summed E-state index contributed by atoms with van der Waals surface area (Å²) in [6.45, 7) is 4.87. The van der Waals surface area contributed by atoms with Gasteiger partial charge in [-0.1, -0.05) is 62.4 Å². The van der Waals surface area contributed by atoms with Gasteiger partial charge in [-0.15, -0.1) is 0 Å². The number of amides is 2. The average molecular weight is 779 g/mol. The third-order valence-corrected chi connectivity index (χ3v) is 11.9. The van der Waals surface area contributed by atoms with Gasteiger partial charge in [-0.25, -0.2) is 0 Å². The summed E-state index contributed by atoms with van der Waals surface area (Å²) in [6.07, 6.45) is 5.15. The molecule has 0 aromatic heterocycles. The zero-order chi connectivity index (χ0) is 39.2. The summed E-state index contributed by atoms with van der Waals surface area (Å²) in [4.78, 5) is 41.0. The highest BCUT2D eigenvalue weighted by molar-refractivity contribution is 7.99. The first-order chi connectivity index (χ1) is 27.8. The highest BCUT2D eigenvalue weighted by Gasteiger charge is 2.38. The Morgan fingerprint density at radius 3 is 1.54 bits per heavy atom. The molecular weight excluding hydrogens is 737 g/mol. The normalized spacial score (nSPS) is 17.3. The Bertz CT molecular complexity index is 2320. The molecule has 0 N–H and O–H groups in total.